The number of amides is 1. The van der Waals surface area contributed by atoms with Crippen LogP contribution in [0.2, 0.25) is 0 Å². The second kappa shape index (κ2) is 9.26. The van der Waals surface area contributed by atoms with E-state index in [1.54, 1.807) is 4.90 Å². The summed E-state index contributed by atoms with van der Waals surface area (Å²) >= 11 is 0. The number of halogens is 3. The van der Waals surface area contributed by atoms with Gasteiger partial charge in [-0.05, 0) is 43.2 Å². The Bertz CT molecular complexity index is 1050. The smallest absolute Gasteiger partial charge is 0.378 e. The Morgan fingerprint density at radius 2 is 1.61 bits per heavy atom. The first-order valence-electron chi connectivity index (χ1n) is 10.6. The quantitative estimate of drug-likeness (QED) is 0.524. The van der Waals surface area contributed by atoms with Gasteiger partial charge < -0.3 is 19.9 Å². The molecule has 11 heteroatoms. The van der Waals surface area contributed by atoms with Crippen LogP contribution >= 0.6 is 0 Å². The number of hydrogen-bond acceptors (Lipinski definition) is 6. The SMILES string of the molecule is O=C(Nc1ccc(N2CCOCC2)c(C(F)(F)F)c1)c1ccc(N2CCCC2)c([N+](=O)[O-])c1. The number of alkyl halides is 3. The number of morpholine rings is 1. The summed E-state index contributed by atoms with van der Waals surface area (Å²) in [5, 5.41) is 14.0. The zero-order chi connectivity index (χ0) is 23.6. The number of carbonyl (C=O) groups is 1. The standard InChI is InChI=1S/C22H23F3N4O4/c23-22(24,25)17-14-16(4-6-18(17)28-9-11-33-12-10-28)26-21(30)15-3-5-19(20(13-15)29(31)32)27-7-1-2-8-27/h3-6,13-14H,1-2,7-12H2,(H,26,30). The molecule has 2 aliphatic heterocycles. The van der Waals surface area contributed by atoms with Crippen molar-refractivity contribution in [3.8, 4) is 0 Å². The summed E-state index contributed by atoms with van der Waals surface area (Å²) in [4.78, 5) is 27.2. The predicted molar refractivity (Wildman–Crippen MR) is 117 cm³/mol. The zero-order valence-electron chi connectivity index (χ0n) is 17.7. The van der Waals surface area contributed by atoms with E-state index in [1.165, 1.54) is 24.3 Å². The molecule has 2 heterocycles. The number of benzene rings is 2. The lowest BCUT2D eigenvalue weighted by molar-refractivity contribution is -0.384. The van der Waals surface area contributed by atoms with E-state index in [9.17, 15) is 28.1 Å². The van der Waals surface area contributed by atoms with Gasteiger partial charge in [-0.25, -0.2) is 0 Å². The maximum absolute atomic E-state index is 13.7. The van der Waals surface area contributed by atoms with Crippen molar-refractivity contribution in [1.29, 1.82) is 0 Å². The summed E-state index contributed by atoms with van der Waals surface area (Å²) in [5.41, 5.74) is -0.662. The van der Waals surface area contributed by atoms with Crippen molar-refractivity contribution in [3.63, 3.8) is 0 Å². The molecule has 0 unspecified atom stereocenters. The topological polar surface area (TPSA) is 88.0 Å². The Hall–Kier alpha value is -3.34. The van der Waals surface area contributed by atoms with Gasteiger partial charge in [0.25, 0.3) is 11.6 Å². The van der Waals surface area contributed by atoms with Crippen LogP contribution in [0.25, 0.3) is 0 Å². The second-order valence-corrected chi connectivity index (χ2v) is 7.94. The van der Waals surface area contributed by atoms with E-state index >= 15 is 0 Å². The normalized spacial score (nSPS) is 16.7. The van der Waals surface area contributed by atoms with Crippen LogP contribution in [0.1, 0.15) is 28.8 Å². The molecule has 0 aromatic heterocycles. The van der Waals surface area contributed by atoms with Gasteiger partial charge in [0, 0.05) is 49.2 Å². The van der Waals surface area contributed by atoms with Crippen LogP contribution in [-0.2, 0) is 10.9 Å². The Morgan fingerprint density at radius 3 is 2.24 bits per heavy atom. The van der Waals surface area contributed by atoms with Crippen molar-refractivity contribution >= 4 is 28.7 Å². The highest BCUT2D eigenvalue weighted by Crippen LogP contribution is 2.39. The molecule has 0 bridgehead atoms. The molecule has 1 N–H and O–H groups in total. The molecule has 2 aliphatic rings. The average molecular weight is 464 g/mol. The van der Waals surface area contributed by atoms with Gasteiger partial charge >= 0.3 is 6.18 Å². The van der Waals surface area contributed by atoms with Gasteiger partial charge in [0.15, 0.2) is 0 Å². The van der Waals surface area contributed by atoms with E-state index < -0.39 is 22.6 Å². The molecule has 4 rings (SSSR count). The van der Waals surface area contributed by atoms with Crippen molar-refractivity contribution < 1.29 is 27.6 Å². The monoisotopic (exact) mass is 464 g/mol. The van der Waals surface area contributed by atoms with Crippen LogP contribution in [0.3, 0.4) is 0 Å². The molecule has 2 fully saturated rings. The Labute approximate surface area is 188 Å². The van der Waals surface area contributed by atoms with Crippen LogP contribution in [0.4, 0.5) is 35.9 Å². The molecule has 1 amide bonds. The molecule has 0 atom stereocenters. The second-order valence-electron chi connectivity index (χ2n) is 7.94. The van der Waals surface area contributed by atoms with Crippen molar-refractivity contribution in [2.45, 2.75) is 19.0 Å². The molecule has 0 spiro atoms. The summed E-state index contributed by atoms with van der Waals surface area (Å²) in [5.74, 6) is -0.724. The zero-order valence-corrected chi connectivity index (χ0v) is 17.7. The summed E-state index contributed by atoms with van der Waals surface area (Å²) in [7, 11) is 0. The molecular formula is C22H23F3N4O4. The lowest BCUT2D eigenvalue weighted by atomic mass is 10.1. The van der Waals surface area contributed by atoms with Crippen molar-refractivity contribution in [3.05, 3.63) is 57.6 Å². The van der Waals surface area contributed by atoms with Gasteiger partial charge in [-0.3, -0.25) is 14.9 Å². The fourth-order valence-corrected chi connectivity index (χ4v) is 4.16. The highest BCUT2D eigenvalue weighted by Gasteiger charge is 2.36. The molecule has 0 aliphatic carbocycles. The molecule has 2 aromatic carbocycles. The first-order valence-corrected chi connectivity index (χ1v) is 10.6. The maximum atomic E-state index is 13.7. The molecule has 2 aromatic rings. The van der Waals surface area contributed by atoms with Gasteiger partial charge in [0.05, 0.1) is 23.7 Å². The average Bonchev–Trinajstić information content (AvgIpc) is 3.33. The largest absolute Gasteiger partial charge is 0.418 e. The van der Waals surface area contributed by atoms with Crippen LogP contribution in [-0.4, -0.2) is 50.2 Å². The van der Waals surface area contributed by atoms with Gasteiger partial charge in [-0.15, -0.1) is 0 Å². The number of hydrogen-bond donors (Lipinski definition) is 1. The van der Waals surface area contributed by atoms with E-state index in [0.717, 1.165) is 25.0 Å². The van der Waals surface area contributed by atoms with Crippen molar-refractivity contribution in [2.75, 3.05) is 54.5 Å². The number of anilines is 3. The third kappa shape index (κ3) is 5.03. The van der Waals surface area contributed by atoms with E-state index in [-0.39, 0.29) is 22.6 Å². The molecule has 176 valence electrons. The third-order valence-electron chi connectivity index (χ3n) is 5.79. The predicted octanol–water partition coefficient (Wildman–Crippen LogP) is 4.30. The minimum atomic E-state index is -4.62. The summed E-state index contributed by atoms with van der Waals surface area (Å²) in [6.07, 6.45) is -2.76. The highest BCUT2D eigenvalue weighted by atomic mass is 19.4. The summed E-state index contributed by atoms with van der Waals surface area (Å²) in [6.45, 7) is 2.73. The van der Waals surface area contributed by atoms with E-state index in [0.29, 0.717) is 45.1 Å². The van der Waals surface area contributed by atoms with Gasteiger partial charge in [0.1, 0.15) is 5.69 Å². The first-order chi connectivity index (χ1) is 15.7. The first kappa shape index (κ1) is 22.8. The van der Waals surface area contributed by atoms with Crippen LogP contribution in [0.5, 0.6) is 0 Å². The van der Waals surface area contributed by atoms with Gasteiger partial charge in [-0.2, -0.15) is 13.2 Å². The number of ether oxygens (including phenoxy) is 1. The Kier molecular flexibility index (Phi) is 6.41. The number of nitro benzene ring substituents is 1. The fourth-order valence-electron chi connectivity index (χ4n) is 4.16. The van der Waals surface area contributed by atoms with Crippen LogP contribution in [0, 0.1) is 10.1 Å². The third-order valence-corrected chi connectivity index (χ3v) is 5.79. The highest BCUT2D eigenvalue weighted by molar-refractivity contribution is 6.05. The van der Waals surface area contributed by atoms with E-state index in [2.05, 4.69) is 5.32 Å². The van der Waals surface area contributed by atoms with Crippen LogP contribution < -0.4 is 15.1 Å². The lowest BCUT2D eigenvalue weighted by Gasteiger charge is -2.31. The molecule has 2 saturated heterocycles. The van der Waals surface area contributed by atoms with E-state index in [4.69, 9.17) is 4.74 Å². The number of carbonyl (C=O) groups excluding carboxylic acids is 1. The molecule has 8 nitrogen and oxygen atoms in total. The summed E-state index contributed by atoms with van der Waals surface area (Å²) in [6, 6.07) is 7.73. The number of nitrogens with one attached hydrogen (secondary N) is 1. The molecule has 33 heavy (non-hydrogen) atoms. The lowest BCUT2D eigenvalue weighted by Crippen LogP contribution is -2.37. The van der Waals surface area contributed by atoms with Crippen molar-refractivity contribution in [2.24, 2.45) is 0 Å². The van der Waals surface area contributed by atoms with Crippen molar-refractivity contribution in [1.82, 2.24) is 0 Å². The number of rotatable bonds is 5. The Morgan fingerprint density at radius 1 is 0.970 bits per heavy atom. The minimum Gasteiger partial charge on any atom is -0.378 e. The van der Waals surface area contributed by atoms with Gasteiger partial charge in [0.2, 0.25) is 0 Å². The molecular weight excluding hydrogens is 441 g/mol. The van der Waals surface area contributed by atoms with E-state index in [1.807, 2.05) is 4.90 Å². The molecule has 0 radical (unpaired) electrons. The Balaban J connectivity index is 1.59. The number of nitrogens with zero attached hydrogens (tertiary/aromatic N) is 3. The minimum absolute atomic E-state index is 0.00420. The van der Waals surface area contributed by atoms with Gasteiger partial charge in [-0.1, -0.05) is 0 Å². The fraction of sp³-hybridized carbons (Fsp3) is 0.409. The summed E-state index contributed by atoms with van der Waals surface area (Å²) < 4.78 is 46.4. The van der Waals surface area contributed by atoms with Crippen LogP contribution in [0.15, 0.2) is 36.4 Å². The molecule has 0 saturated carbocycles. The maximum Gasteiger partial charge on any atom is 0.418 e. The number of nitro groups is 1.